The highest BCUT2D eigenvalue weighted by atomic mass is 16.4. The van der Waals surface area contributed by atoms with Crippen molar-refractivity contribution in [3.05, 3.63) is 0 Å². The molecule has 1 saturated heterocycles. The number of rotatable bonds is 11. The second-order valence-electron chi connectivity index (χ2n) is 7.69. The molecule has 0 aliphatic carbocycles. The summed E-state index contributed by atoms with van der Waals surface area (Å²) < 4.78 is 0. The van der Waals surface area contributed by atoms with Crippen LogP contribution in [0.4, 0.5) is 0 Å². The van der Waals surface area contributed by atoms with Crippen LogP contribution in [-0.4, -0.2) is 81.4 Å². The van der Waals surface area contributed by atoms with E-state index in [4.69, 9.17) is 16.6 Å². The average molecular weight is 443 g/mol. The van der Waals surface area contributed by atoms with Gasteiger partial charge in [-0.25, -0.2) is 4.79 Å². The Labute approximate surface area is 178 Å². The summed E-state index contributed by atoms with van der Waals surface area (Å²) in [6, 6.07) is -5.11. The van der Waals surface area contributed by atoms with E-state index in [0.29, 0.717) is 6.42 Å². The van der Waals surface area contributed by atoms with Crippen LogP contribution in [0.1, 0.15) is 39.5 Å². The first-order chi connectivity index (χ1) is 14.3. The molecule has 1 aliphatic rings. The van der Waals surface area contributed by atoms with E-state index in [2.05, 4.69) is 10.6 Å². The van der Waals surface area contributed by atoms with Gasteiger partial charge < -0.3 is 37.2 Å². The van der Waals surface area contributed by atoms with Crippen LogP contribution in [0.2, 0.25) is 0 Å². The Hall–Kier alpha value is -3.22. The number of aliphatic carboxylic acids is 2. The molecule has 0 aromatic heterocycles. The topological polar surface area (TPSA) is 222 Å². The average Bonchev–Trinajstić information content (AvgIpc) is 3.13. The van der Waals surface area contributed by atoms with Crippen molar-refractivity contribution in [2.24, 2.45) is 17.4 Å². The monoisotopic (exact) mass is 443 g/mol. The quantitative estimate of drug-likeness (QED) is 0.196. The Morgan fingerprint density at radius 3 is 2.13 bits per heavy atom. The first-order valence-electron chi connectivity index (χ1n) is 9.74. The van der Waals surface area contributed by atoms with E-state index in [9.17, 15) is 33.9 Å². The maximum Gasteiger partial charge on any atom is 0.326 e. The third kappa shape index (κ3) is 7.51. The molecule has 0 bridgehead atoms. The number of nitrogens with zero attached hydrogens (tertiary/aromatic N) is 1. The highest BCUT2D eigenvalue weighted by molar-refractivity contribution is 5.96. The number of carboxylic acid groups (broad SMARTS) is 2. The highest BCUT2D eigenvalue weighted by Crippen LogP contribution is 2.19. The zero-order valence-corrected chi connectivity index (χ0v) is 17.4. The zero-order valence-electron chi connectivity index (χ0n) is 17.4. The zero-order chi connectivity index (χ0) is 23.9. The van der Waals surface area contributed by atoms with Crippen molar-refractivity contribution in [3.8, 4) is 0 Å². The summed E-state index contributed by atoms with van der Waals surface area (Å²) in [5, 5.41) is 23.1. The van der Waals surface area contributed by atoms with Crippen molar-refractivity contribution in [1.29, 1.82) is 0 Å². The summed E-state index contributed by atoms with van der Waals surface area (Å²) in [6.07, 6.45) is -0.562. The number of nitrogens with one attached hydrogen (secondary N) is 2. The van der Waals surface area contributed by atoms with Gasteiger partial charge in [-0.2, -0.15) is 0 Å². The minimum atomic E-state index is -1.53. The molecule has 174 valence electrons. The lowest BCUT2D eigenvalue weighted by molar-refractivity contribution is -0.150. The molecule has 1 fully saturated rings. The maximum absolute atomic E-state index is 12.8. The van der Waals surface area contributed by atoms with Gasteiger partial charge in [-0.05, 0) is 18.8 Å². The fourth-order valence-corrected chi connectivity index (χ4v) is 3.23. The maximum atomic E-state index is 12.8. The van der Waals surface area contributed by atoms with Crippen molar-refractivity contribution in [3.63, 3.8) is 0 Å². The molecule has 0 radical (unpaired) electrons. The molecular formula is C18H29N5O8. The smallest absolute Gasteiger partial charge is 0.326 e. The Morgan fingerprint density at radius 2 is 1.65 bits per heavy atom. The lowest BCUT2D eigenvalue weighted by Crippen LogP contribution is -2.59. The molecule has 0 spiro atoms. The van der Waals surface area contributed by atoms with Crippen LogP contribution < -0.4 is 22.1 Å². The normalized spacial score (nSPS) is 18.7. The molecule has 31 heavy (non-hydrogen) atoms. The fourth-order valence-electron chi connectivity index (χ4n) is 3.23. The summed E-state index contributed by atoms with van der Waals surface area (Å²) >= 11 is 0. The third-order valence-electron chi connectivity index (χ3n) is 4.82. The summed E-state index contributed by atoms with van der Waals surface area (Å²) in [5.74, 6) is -6.39. The van der Waals surface area contributed by atoms with Gasteiger partial charge in [0.05, 0.1) is 18.9 Å². The van der Waals surface area contributed by atoms with E-state index in [1.807, 2.05) is 0 Å². The molecule has 0 aromatic rings. The van der Waals surface area contributed by atoms with Gasteiger partial charge in [0.1, 0.15) is 18.1 Å². The first kappa shape index (κ1) is 25.8. The van der Waals surface area contributed by atoms with E-state index in [1.54, 1.807) is 13.8 Å². The minimum Gasteiger partial charge on any atom is -0.481 e. The van der Waals surface area contributed by atoms with Crippen LogP contribution in [-0.2, 0) is 28.8 Å². The molecule has 13 heteroatoms. The van der Waals surface area contributed by atoms with Gasteiger partial charge in [-0.3, -0.25) is 24.0 Å². The van der Waals surface area contributed by atoms with Gasteiger partial charge in [0.25, 0.3) is 0 Å². The van der Waals surface area contributed by atoms with Crippen LogP contribution >= 0.6 is 0 Å². The predicted molar refractivity (Wildman–Crippen MR) is 105 cm³/mol. The van der Waals surface area contributed by atoms with Crippen LogP contribution in [0.25, 0.3) is 0 Å². The Kier molecular flexibility index (Phi) is 9.37. The van der Waals surface area contributed by atoms with E-state index < -0.39 is 78.5 Å². The summed E-state index contributed by atoms with van der Waals surface area (Å²) in [7, 11) is 0. The largest absolute Gasteiger partial charge is 0.481 e. The molecule has 4 atom stereocenters. The SMILES string of the molecule is CC(C)[C@H](NC(=O)[C@@H](N)CC(N)=O)C(=O)N[C@@H](CC(=O)O)C(=O)N1CCC[C@H]1C(=O)O. The van der Waals surface area contributed by atoms with Gasteiger partial charge in [-0.1, -0.05) is 13.8 Å². The molecule has 0 aromatic carbocycles. The van der Waals surface area contributed by atoms with Crippen molar-refractivity contribution in [1.82, 2.24) is 15.5 Å². The summed E-state index contributed by atoms with van der Waals surface area (Å²) in [4.78, 5) is 72.3. The number of hydrogen-bond acceptors (Lipinski definition) is 7. The molecule has 13 nitrogen and oxygen atoms in total. The highest BCUT2D eigenvalue weighted by Gasteiger charge is 2.39. The van der Waals surface area contributed by atoms with E-state index in [0.717, 1.165) is 4.90 Å². The number of likely N-dealkylation sites (tertiary alicyclic amines) is 1. The van der Waals surface area contributed by atoms with Crippen LogP contribution in [0.3, 0.4) is 0 Å². The Balaban J connectivity index is 2.98. The lowest BCUT2D eigenvalue weighted by atomic mass is 10.0. The van der Waals surface area contributed by atoms with Crippen LogP contribution in [0, 0.1) is 5.92 Å². The molecule has 1 heterocycles. The number of hydrogen-bond donors (Lipinski definition) is 6. The number of primary amides is 1. The predicted octanol–water partition coefficient (Wildman–Crippen LogP) is -2.63. The number of amides is 4. The number of carboxylic acids is 2. The molecule has 4 amide bonds. The summed E-state index contributed by atoms with van der Waals surface area (Å²) in [6.45, 7) is 3.31. The van der Waals surface area contributed by atoms with Crippen molar-refractivity contribution < 1.29 is 39.0 Å². The second-order valence-corrected chi connectivity index (χ2v) is 7.69. The standard InChI is InChI=1S/C18H29N5O8/c1-8(2)14(22-15(27)9(19)6-12(20)24)16(28)21-10(7-13(25)26)17(29)23-5-3-4-11(23)18(30)31/h8-11,14H,3-7,19H2,1-2H3,(H2,20,24)(H,21,28)(H,22,27)(H,25,26)(H,30,31)/t9-,10-,11-,14-/m0/s1. The molecule has 8 N–H and O–H groups in total. The van der Waals surface area contributed by atoms with Gasteiger partial charge in [0, 0.05) is 6.54 Å². The molecular weight excluding hydrogens is 414 g/mol. The lowest BCUT2D eigenvalue weighted by Gasteiger charge is -2.29. The van der Waals surface area contributed by atoms with Gasteiger partial charge in [0.2, 0.25) is 23.6 Å². The Morgan fingerprint density at radius 1 is 1.03 bits per heavy atom. The number of nitrogens with two attached hydrogens (primary N) is 2. The van der Waals surface area contributed by atoms with Gasteiger partial charge in [-0.15, -0.1) is 0 Å². The molecule has 0 saturated carbocycles. The second kappa shape index (κ2) is 11.2. The van der Waals surface area contributed by atoms with Crippen molar-refractivity contribution >= 4 is 35.6 Å². The molecule has 0 unspecified atom stereocenters. The van der Waals surface area contributed by atoms with Crippen molar-refractivity contribution in [2.45, 2.75) is 63.7 Å². The van der Waals surface area contributed by atoms with Crippen molar-refractivity contribution in [2.75, 3.05) is 6.54 Å². The van der Waals surface area contributed by atoms with E-state index in [-0.39, 0.29) is 13.0 Å². The van der Waals surface area contributed by atoms with Gasteiger partial charge in [0.15, 0.2) is 0 Å². The fraction of sp³-hybridized carbons (Fsp3) is 0.667. The first-order valence-corrected chi connectivity index (χ1v) is 9.74. The molecule has 1 rings (SSSR count). The van der Waals surface area contributed by atoms with Crippen LogP contribution in [0.5, 0.6) is 0 Å². The number of carbonyl (C=O) groups is 6. The van der Waals surface area contributed by atoms with Crippen LogP contribution in [0.15, 0.2) is 0 Å². The van der Waals surface area contributed by atoms with Gasteiger partial charge >= 0.3 is 11.9 Å². The molecule has 1 aliphatic heterocycles. The Bertz CT molecular complexity index is 740. The van der Waals surface area contributed by atoms with E-state index >= 15 is 0 Å². The minimum absolute atomic E-state index is 0.119. The van der Waals surface area contributed by atoms with E-state index in [1.165, 1.54) is 0 Å². The summed E-state index contributed by atoms with van der Waals surface area (Å²) in [5.41, 5.74) is 10.6. The number of carbonyl (C=O) groups excluding carboxylic acids is 4. The third-order valence-corrected chi connectivity index (χ3v) is 4.82.